The number of benzene rings is 1. The molecule has 0 saturated heterocycles. The van der Waals surface area contributed by atoms with Crippen LogP contribution in [0.1, 0.15) is 39.5 Å². The largest absolute Gasteiger partial charge is 0.326 e. The summed E-state index contributed by atoms with van der Waals surface area (Å²) in [6.07, 6.45) is 1.33. The molecule has 1 N–H and O–H groups in total. The van der Waals surface area contributed by atoms with Crippen LogP contribution in [0.4, 0.5) is 5.69 Å². The molecule has 3 heterocycles. The van der Waals surface area contributed by atoms with Crippen LogP contribution in [-0.2, 0) is 6.54 Å². The standard InChI is InChI=1S/C14H12N4O2/c1-2-17-7-10-11(16-17)13(19)15-12-8-5-3-4-6-9(8)14(20)18(10)12/h3-7,12H,2H2,1H3,(H,15,19)/t12-/m1/s1. The molecule has 4 rings (SSSR count). The summed E-state index contributed by atoms with van der Waals surface area (Å²) in [6.45, 7) is 2.59. The van der Waals surface area contributed by atoms with Crippen molar-refractivity contribution in [3.8, 4) is 0 Å². The molecule has 1 atom stereocenters. The molecule has 0 fully saturated rings. The second-order valence-electron chi connectivity index (χ2n) is 4.86. The van der Waals surface area contributed by atoms with Gasteiger partial charge in [-0.15, -0.1) is 0 Å². The van der Waals surface area contributed by atoms with Crippen molar-refractivity contribution in [2.24, 2.45) is 0 Å². The van der Waals surface area contributed by atoms with Gasteiger partial charge in [0.05, 0.1) is 5.69 Å². The molecule has 1 aromatic carbocycles. The van der Waals surface area contributed by atoms with E-state index in [1.807, 2.05) is 25.1 Å². The fourth-order valence-electron chi connectivity index (χ4n) is 2.81. The Balaban J connectivity index is 1.93. The van der Waals surface area contributed by atoms with Gasteiger partial charge in [-0.25, -0.2) is 0 Å². The first-order chi connectivity index (χ1) is 9.70. The van der Waals surface area contributed by atoms with E-state index < -0.39 is 6.17 Å². The van der Waals surface area contributed by atoms with E-state index in [0.717, 1.165) is 5.56 Å². The first-order valence-electron chi connectivity index (χ1n) is 6.51. The number of rotatable bonds is 1. The van der Waals surface area contributed by atoms with Crippen LogP contribution >= 0.6 is 0 Å². The lowest BCUT2D eigenvalue weighted by Gasteiger charge is -2.29. The van der Waals surface area contributed by atoms with Crippen LogP contribution < -0.4 is 10.2 Å². The number of carbonyl (C=O) groups excluding carboxylic acids is 2. The van der Waals surface area contributed by atoms with E-state index in [1.54, 1.807) is 21.8 Å². The predicted octanol–water partition coefficient (Wildman–Crippen LogP) is 1.31. The number of anilines is 1. The van der Waals surface area contributed by atoms with Crippen molar-refractivity contribution in [3.05, 3.63) is 47.3 Å². The molecule has 0 saturated carbocycles. The second kappa shape index (κ2) is 3.69. The molecule has 2 aliphatic heterocycles. The van der Waals surface area contributed by atoms with Crippen LogP contribution in [0.15, 0.2) is 30.5 Å². The summed E-state index contributed by atoms with van der Waals surface area (Å²) in [5, 5.41) is 7.07. The number of nitrogens with zero attached hydrogens (tertiary/aromatic N) is 3. The third-order valence-corrected chi connectivity index (χ3v) is 3.77. The molecule has 2 aliphatic rings. The van der Waals surface area contributed by atoms with Crippen LogP contribution in [0.3, 0.4) is 0 Å². The Bertz CT molecular complexity index is 749. The highest BCUT2D eigenvalue weighted by atomic mass is 16.2. The summed E-state index contributed by atoms with van der Waals surface area (Å²) in [5.41, 5.74) is 2.36. The topological polar surface area (TPSA) is 67.2 Å². The van der Waals surface area contributed by atoms with Gasteiger partial charge in [-0.3, -0.25) is 19.2 Å². The summed E-state index contributed by atoms with van der Waals surface area (Å²) in [6, 6.07) is 7.35. The summed E-state index contributed by atoms with van der Waals surface area (Å²) in [4.78, 5) is 26.3. The van der Waals surface area contributed by atoms with Gasteiger partial charge in [0.15, 0.2) is 5.69 Å². The average Bonchev–Trinajstić information content (AvgIpc) is 3.01. The Kier molecular flexibility index (Phi) is 2.07. The van der Waals surface area contributed by atoms with Gasteiger partial charge < -0.3 is 5.32 Å². The van der Waals surface area contributed by atoms with E-state index in [0.29, 0.717) is 23.5 Å². The lowest BCUT2D eigenvalue weighted by molar-refractivity contribution is 0.0907. The second-order valence-corrected chi connectivity index (χ2v) is 4.86. The minimum Gasteiger partial charge on any atom is -0.326 e. The molecule has 2 amide bonds. The lowest BCUT2D eigenvalue weighted by atomic mass is 10.1. The van der Waals surface area contributed by atoms with Crippen LogP contribution in [0.2, 0.25) is 0 Å². The summed E-state index contributed by atoms with van der Waals surface area (Å²) in [7, 11) is 0. The normalized spacial score (nSPS) is 19.4. The average molecular weight is 268 g/mol. The van der Waals surface area contributed by atoms with Gasteiger partial charge in [-0.05, 0) is 13.0 Å². The van der Waals surface area contributed by atoms with E-state index in [1.165, 1.54) is 0 Å². The number of carbonyl (C=O) groups is 2. The molecule has 100 valence electrons. The van der Waals surface area contributed by atoms with Crippen molar-refractivity contribution in [1.29, 1.82) is 0 Å². The highest BCUT2D eigenvalue weighted by molar-refractivity contribution is 6.16. The summed E-state index contributed by atoms with van der Waals surface area (Å²) < 4.78 is 1.67. The van der Waals surface area contributed by atoms with Crippen molar-refractivity contribution < 1.29 is 9.59 Å². The molecule has 0 unspecified atom stereocenters. The fourth-order valence-corrected chi connectivity index (χ4v) is 2.81. The van der Waals surface area contributed by atoms with Crippen LogP contribution in [0.25, 0.3) is 0 Å². The van der Waals surface area contributed by atoms with E-state index >= 15 is 0 Å². The van der Waals surface area contributed by atoms with Crippen molar-refractivity contribution in [2.75, 3.05) is 4.90 Å². The molecular formula is C14H12N4O2. The fraction of sp³-hybridized carbons (Fsp3) is 0.214. The van der Waals surface area contributed by atoms with Crippen molar-refractivity contribution in [1.82, 2.24) is 15.1 Å². The zero-order valence-electron chi connectivity index (χ0n) is 10.8. The molecule has 0 bridgehead atoms. The van der Waals surface area contributed by atoms with Gasteiger partial charge in [-0.1, -0.05) is 18.2 Å². The Morgan fingerprint density at radius 3 is 2.90 bits per heavy atom. The third-order valence-electron chi connectivity index (χ3n) is 3.77. The van der Waals surface area contributed by atoms with E-state index in [-0.39, 0.29) is 11.8 Å². The number of amides is 2. The summed E-state index contributed by atoms with van der Waals surface area (Å²) in [5.74, 6) is -0.333. The maximum absolute atomic E-state index is 12.5. The van der Waals surface area contributed by atoms with Gasteiger partial charge >= 0.3 is 0 Å². The molecule has 0 spiro atoms. The molecule has 20 heavy (non-hydrogen) atoms. The summed E-state index contributed by atoms with van der Waals surface area (Å²) >= 11 is 0. The van der Waals surface area contributed by atoms with E-state index in [2.05, 4.69) is 10.4 Å². The predicted molar refractivity (Wildman–Crippen MR) is 71.4 cm³/mol. The lowest BCUT2D eigenvalue weighted by Crippen LogP contribution is -2.44. The SMILES string of the molecule is CCn1cc2c(n1)C(=O)N[C@H]1c3ccccc3C(=O)N21. The highest BCUT2D eigenvalue weighted by Crippen LogP contribution is 2.39. The molecule has 0 aliphatic carbocycles. The Morgan fingerprint density at radius 2 is 2.10 bits per heavy atom. The molecule has 6 nitrogen and oxygen atoms in total. The van der Waals surface area contributed by atoms with Crippen LogP contribution in [0, 0.1) is 0 Å². The van der Waals surface area contributed by atoms with Gasteiger partial charge in [0, 0.05) is 23.9 Å². The molecule has 2 aromatic rings. The maximum Gasteiger partial charge on any atom is 0.275 e. The zero-order valence-corrected chi connectivity index (χ0v) is 10.8. The monoisotopic (exact) mass is 268 g/mol. The van der Waals surface area contributed by atoms with Crippen molar-refractivity contribution in [3.63, 3.8) is 0 Å². The Hall–Kier alpha value is -2.63. The van der Waals surface area contributed by atoms with Crippen LogP contribution in [-0.4, -0.2) is 21.6 Å². The van der Waals surface area contributed by atoms with Gasteiger partial charge in [0.1, 0.15) is 6.17 Å². The minimum absolute atomic E-state index is 0.0949. The van der Waals surface area contributed by atoms with Gasteiger partial charge in [0.2, 0.25) is 0 Å². The van der Waals surface area contributed by atoms with Crippen molar-refractivity contribution >= 4 is 17.5 Å². The number of aromatic nitrogens is 2. The Labute approximate surface area is 115 Å². The molecule has 6 heteroatoms. The maximum atomic E-state index is 12.5. The number of hydrogen-bond acceptors (Lipinski definition) is 3. The minimum atomic E-state index is -0.423. The first kappa shape index (κ1) is 11.2. The number of nitrogens with one attached hydrogen (secondary N) is 1. The van der Waals surface area contributed by atoms with Crippen LogP contribution in [0.5, 0.6) is 0 Å². The zero-order chi connectivity index (χ0) is 13.9. The highest BCUT2D eigenvalue weighted by Gasteiger charge is 2.44. The third kappa shape index (κ3) is 1.25. The molecule has 0 radical (unpaired) electrons. The van der Waals surface area contributed by atoms with E-state index in [9.17, 15) is 9.59 Å². The van der Waals surface area contributed by atoms with Crippen molar-refractivity contribution in [2.45, 2.75) is 19.6 Å². The van der Waals surface area contributed by atoms with Gasteiger partial charge in [-0.2, -0.15) is 5.10 Å². The number of fused-ring (bicyclic) bond motifs is 5. The quantitative estimate of drug-likeness (QED) is 0.847. The smallest absolute Gasteiger partial charge is 0.275 e. The van der Waals surface area contributed by atoms with Gasteiger partial charge in [0.25, 0.3) is 11.8 Å². The Morgan fingerprint density at radius 1 is 1.30 bits per heavy atom. The first-order valence-corrected chi connectivity index (χ1v) is 6.51. The number of aryl methyl sites for hydroxylation is 1. The number of hydrogen-bond donors (Lipinski definition) is 1. The molecular weight excluding hydrogens is 256 g/mol. The van der Waals surface area contributed by atoms with E-state index in [4.69, 9.17) is 0 Å². The molecule has 1 aromatic heterocycles.